The average molecular weight is 455 g/mol. The van der Waals surface area contributed by atoms with Crippen molar-refractivity contribution in [3.05, 3.63) is 70.8 Å². The van der Waals surface area contributed by atoms with Crippen LogP contribution in [-0.2, 0) is 9.59 Å². The normalized spacial score (nSPS) is 15.4. The number of carbonyl (C=O) groups excluding carboxylic acids is 3. The minimum absolute atomic E-state index is 0.197. The van der Waals surface area contributed by atoms with Crippen LogP contribution in [0.2, 0.25) is 0 Å². The van der Waals surface area contributed by atoms with E-state index in [9.17, 15) is 23.2 Å². The first-order valence-electron chi connectivity index (χ1n) is 9.84. The molecule has 0 radical (unpaired) electrons. The Morgan fingerprint density at radius 2 is 1.91 bits per heavy atom. The fourth-order valence-electron chi connectivity index (χ4n) is 3.48. The quantitative estimate of drug-likeness (QED) is 0.539. The van der Waals surface area contributed by atoms with Crippen molar-refractivity contribution in [3.63, 3.8) is 0 Å². The summed E-state index contributed by atoms with van der Waals surface area (Å²) in [4.78, 5) is 38.4. The molecule has 9 heteroatoms. The van der Waals surface area contributed by atoms with Gasteiger partial charge < -0.3 is 9.88 Å². The second-order valence-electron chi connectivity index (χ2n) is 7.54. The van der Waals surface area contributed by atoms with Gasteiger partial charge in [-0.25, -0.2) is 8.78 Å². The third kappa shape index (κ3) is 4.16. The molecule has 6 nitrogen and oxygen atoms in total. The van der Waals surface area contributed by atoms with Crippen LogP contribution in [0.1, 0.15) is 25.5 Å². The number of para-hydroxylation sites is 1. The molecule has 1 saturated heterocycles. The van der Waals surface area contributed by atoms with Crippen LogP contribution in [0.4, 0.5) is 19.3 Å². The molecular weight excluding hydrogens is 436 g/mol. The molecule has 3 aromatic rings. The maximum absolute atomic E-state index is 13.8. The van der Waals surface area contributed by atoms with Gasteiger partial charge in [-0.15, -0.1) is 0 Å². The molecule has 1 aliphatic rings. The zero-order chi connectivity index (χ0) is 23.0. The van der Waals surface area contributed by atoms with Crippen LogP contribution < -0.4 is 5.32 Å². The van der Waals surface area contributed by atoms with Crippen LogP contribution >= 0.6 is 11.8 Å². The van der Waals surface area contributed by atoms with E-state index in [-0.39, 0.29) is 16.6 Å². The number of rotatable bonds is 5. The lowest BCUT2D eigenvalue weighted by atomic mass is 10.1. The average Bonchev–Trinajstić information content (AvgIpc) is 3.23. The number of carbonyl (C=O) groups is 3. The summed E-state index contributed by atoms with van der Waals surface area (Å²) in [6.45, 7) is 3.52. The van der Waals surface area contributed by atoms with Crippen molar-refractivity contribution in [1.29, 1.82) is 0 Å². The first-order chi connectivity index (χ1) is 15.2. The zero-order valence-electron chi connectivity index (χ0n) is 17.3. The monoisotopic (exact) mass is 455 g/mol. The largest absolute Gasteiger partial charge is 0.344 e. The molecule has 0 spiro atoms. The smallest absolute Gasteiger partial charge is 0.294 e. The van der Waals surface area contributed by atoms with E-state index in [0.717, 1.165) is 45.3 Å². The lowest BCUT2D eigenvalue weighted by molar-refractivity contribution is -0.127. The van der Waals surface area contributed by atoms with Gasteiger partial charge in [-0.2, -0.15) is 0 Å². The first kappa shape index (κ1) is 21.8. The molecule has 0 saturated carbocycles. The lowest BCUT2D eigenvalue weighted by Crippen LogP contribution is -2.36. The molecule has 1 aliphatic heterocycles. The highest BCUT2D eigenvalue weighted by molar-refractivity contribution is 8.18. The lowest BCUT2D eigenvalue weighted by Gasteiger charge is -2.12. The molecule has 3 amide bonds. The van der Waals surface area contributed by atoms with Gasteiger partial charge in [0, 0.05) is 34.8 Å². The standard InChI is InChI=1S/C23H19F2N3O3S/c1-13(2)27-11-14(16-5-3-4-6-19(16)27)9-20-22(30)28(23(31)32-20)12-21(29)26-18-8-7-15(24)10-17(18)25/h3-11,13H,12H2,1-2H3,(H,26,29)/b20-9+. The van der Waals surface area contributed by atoms with E-state index in [1.807, 2.05) is 44.3 Å². The van der Waals surface area contributed by atoms with Crippen molar-refractivity contribution in [1.82, 2.24) is 9.47 Å². The third-order valence-electron chi connectivity index (χ3n) is 4.99. The van der Waals surface area contributed by atoms with Crippen LogP contribution in [0.5, 0.6) is 0 Å². The van der Waals surface area contributed by atoms with E-state index in [4.69, 9.17) is 0 Å². The predicted octanol–water partition coefficient (Wildman–Crippen LogP) is 5.18. The minimum Gasteiger partial charge on any atom is -0.344 e. The van der Waals surface area contributed by atoms with E-state index < -0.39 is 35.2 Å². The molecule has 0 atom stereocenters. The molecule has 2 heterocycles. The molecule has 1 N–H and O–H groups in total. The highest BCUT2D eigenvalue weighted by Crippen LogP contribution is 2.34. The summed E-state index contributed by atoms with van der Waals surface area (Å²) in [5.74, 6) is -3.10. The fourth-order valence-corrected chi connectivity index (χ4v) is 4.30. The topological polar surface area (TPSA) is 71.4 Å². The summed E-state index contributed by atoms with van der Waals surface area (Å²) in [6.07, 6.45) is 3.57. The van der Waals surface area contributed by atoms with Crippen LogP contribution in [0.25, 0.3) is 17.0 Å². The number of aromatic nitrogens is 1. The fraction of sp³-hybridized carbons (Fsp3) is 0.174. The van der Waals surface area contributed by atoms with Crippen molar-refractivity contribution in [2.24, 2.45) is 0 Å². The third-order valence-corrected chi connectivity index (χ3v) is 5.90. The van der Waals surface area contributed by atoms with E-state index in [0.29, 0.717) is 6.07 Å². The number of amides is 3. The molecule has 4 rings (SSSR count). The van der Waals surface area contributed by atoms with Crippen LogP contribution in [0.3, 0.4) is 0 Å². The van der Waals surface area contributed by atoms with E-state index in [1.54, 1.807) is 6.08 Å². The molecule has 2 aromatic carbocycles. The summed E-state index contributed by atoms with van der Waals surface area (Å²) in [7, 11) is 0. The summed E-state index contributed by atoms with van der Waals surface area (Å²) >= 11 is 0.742. The Kier molecular flexibility index (Phi) is 5.84. The van der Waals surface area contributed by atoms with Crippen molar-refractivity contribution in [2.45, 2.75) is 19.9 Å². The van der Waals surface area contributed by atoms with Crippen LogP contribution in [-0.4, -0.2) is 33.1 Å². The number of hydrogen-bond acceptors (Lipinski definition) is 4. The molecule has 0 aliphatic carbocycles. The van der Waals surface area contributed by atoms with Gasteiger partial charge in [-0.1, -0.05) is 18.2 Å². The van der Waals surface area contributed by atoms with E-state index in [1.165, 1.54) is 0 Å². The summed E-state index contributed by atoms with van der Waals surface area (Å²) in [6, 6.07) is 10.7. The summed E-state index contributed by atoms with van der Waals surface area (Å²) in [5, 5.41) is 2.60. The Morgan fingerprint density at radius 3 is 2.62 bits per heavy atom. The molecule has 0 unspecified atom stereocenters. The van der Waals surface area contributed by atoms with Crippen molar-refractivity contribution in [3.8, 4) is 0 Å². The zero-order valence-corrected chi connectivity index (χ0v) is 18.1. The van der Waals surface area contributed by atoms with Crippen LogP contribution in [0.15, 0.2) is 53.6 Å². The van der Waals surface area contributed by atoms with Crippen molar-refractivity contribution < 1.29 is 23.2 Å². The van der Waals surface area contributed by atoms with Crippen LogP contribution in [0, 0.1) is 11.6 Å². The number of halogens is 2. The van der Waals surface area contributed by atoms with Gasteiger partial charge in [0.25, 0.3) is 11.1 Å². The van der Waals surface area contributed by atoms with Crippen molar-refractivity contribution in [2.75, 3.05) is 11.9 Å². The highest BCUT2D eigenvalue weighted by Gasteiger charge is 2.36. The van der Waals surface area contributed by atoms with Gasteiger partial charge in [0.15, 0.2) is 0 Å². The minimum atomic E-state index is -0.950. The molecule has 164 valence electrons. The summed E-state index contributed by atoms with van der Waals surface area (Å²) < 4.78 is 28.8. The molecular formula is C23H19F2N3O3S. The number of nitrogens with zero attached hydrogens (tertiary/aromatic N) is 2. The number of imide groups is 1. The second kappa shape index (κ2) is 8.58. The Labute approximate surface area is 186 Å². The second-order valence-corrected chi connectivity index (χ2v) is 8.54. The maximum atomic E-state index is 13.8. The highest BCUT2D eigenvalue weighted by atomic mass is 32.2. The van der Waals surface area contributed by atoms with E-state index in [2.05, 4.69) is 9.88 Å². The SMILES string of the molecule is CC(C)n1cc(/C=C2/SC(=O)N(CC(=O)Nc3ccc(F)cc3F)C2=O)c2ccccc21. The molecule has 1 aromatic heterocycles. The van der Waals surface area contributed by atoms with Gasteiger partial charge in [0.1, 0.15) is 18.2 Å². The van der Waals surface area contributed by atoms with Crippen molar-refractivity contribution >= 4 is 51.5 Å². The molecule has 32 heavy (non-hydrogen) atoms. The number of nitrogens with one attached hydrogen (secondary N) is 1. The van der Waals surface area contributed by atoms with Gasteiger partial charge in [0.05, 0.1) is 10.6 Å². The van der Waals surface area contributed by atoms with Gasteiger partial charge in [-0.3, -0.25) is 19.3 Å². The number of fused-ring (bicyclic) bond motifs is 1. The Bertz CT molecular complexity index is 1280. The van der Waals surface area contributed by atoms with Gasteiger partial charge in [-0.05, 0) is 49.9 Å². The van der Waals surface area contributed by atoms with Gasteiger partial charge in [0.2, 0.25) is 5.91 Å². The predicted molar refractivity (Wildman–Crippen MR) is 120 cm³/mol. The Balaban J connectivity index is 1.55. The summed E-state index contributed by atoms with van der Waals surface area (Å²) in [5.41, 5.74) is 1.56. The molecule has 1 fully saturated rings. The number of hydrogen-bond donors (Lipinski definition) is 1. The maximum Gasteiger partial charge on any atom is 0.294 e. The number of thioether (sulfide) groups is 1. The van der Waals surface area contributed by atoms with E-state index >= 15 is 0 Å². The number of benzene rings is 2. The van der Waals surface area contributed by atoms with Gasteiger partial charge >= 0.3 is 0 Å². The Hall–Kier alpha value is -3.46. The first-order valence-corrected chi connectivity index (χ1v) is 10.7. The molecule has 0 bridgehead atoms. The number of anilines is 1. The Morgan fingerprint density at radius 1 is 1.16 bits per heavy atom.